The molecule has 0 bridgehead atoms. The first kappa shape index (κ1) is 12.4. The molecule has 1 unspecified atom stereocenters. The SMILES string of the molecule is CCCC(C)COc1nnccc1C(=O)O. The molecular formula is C11H16N2O3. The number of aromatic carboxylic acids is 1. The van der Waals surface area contributed by atoms with E-state index in [1.165, 1.54) is 12.3 Å². The predicted octanol–water partition coefficient (Wildman–Crippen LogP) is 1.99. The molecular weight excluding hydrogens is 208 g/mol. The van der Waals surface area contributed by atoms with Gasteiger partial charge in [-0.2, -0.15) is 5.10 Å². The molecule has 0 fully saturated rings. The molecule has 0 saturated heterocycles. The van der Waals surface area contributed by atoms with Crippen molar-refractivity contribution in [1.29, 1.82) is 0 Å². The average Bonchev–Trinajstić information content (AvgIpc) is 2.27. The molecule has 1 aromatic rings. The molecule has 5 heteroatoms. The maximum Gasteiger partial charge on any atom is 0.341 e. The van der Waals surface area contributed by atoms with Crippen LogP contribution in [0.15, 0.2) is 12.3 Å². The van der Waals surface area contributed by atoms with Crippen molar-refractivity contribution < 1.29 is 14.6 Å². The Balaban J connectivity index is 2.63. The lowest BCUT2D eigenvalue weighted by Crippen LogP contribution is -2.12. The number of carboxylic acids is 1. The summed E-state index contributed by atoms with van der Waals surface area (Å²) in [7, 11) is 0. The maximum absolute atomic E-state index is 10.8. The first-order valence-corrected chi connectivity index (χ1v) is 5.33. The van der Waals surface area contributed by atoms with Gasteiger partial charge in [-0.25, -0.2) is 4.79 Å². The third-order valence-electron chi connectivity index (χ3n) is 2.20. The Morgan fingerprint density at radius 2 is 2.38 bits per heavy atom. The van der Waals surface area contributed by atoms with E-state index in [1.807, 2.05) is 0 Å². The molecule has 0 amide bonds. The van der Waals surface area contributed by atoms with E-state index in [0.29, 0.717) is 12.5 Å². The highest BCUT2D eigenvalue weighted by Gasteiger charge is 2.13. The van der Waals surface area contributed by atoms with Crippen molar-refractivity contribution in [2.24, 2.45) is 5.92 Å². The van der Waals surface area contributed by atoms with E-state index >= 15 is 0 Å². The van der Waals surface area contributed by atoms with E-state index in [4.69, 9.17) is 9.84 Å². The van der Waals surface area contributed by atoms with Crippen molar-refractivity contribution in [3.05, 3.63) is 17.8 Å². The zero-order chi connectivity index (χ0) is 12.0. The number of hydrogen-bond donors (Lipinski definition) is 1. The van der Waals surface area contributed by atoms with E-state index in [0.717, 1.165) is 12.8 Å². The van der Waals surface area contributed by atoms with E-state index in [-0.39, 0.29) is 11.4 Å². The molecule has 5 nitrogen and oxygen atoms in total. The summed E-state index contributed by atoms with van der Waals surface area (Å²) in [6.45, 7) is 4.62. The van der Waals surface area contributed by atoms with Crippen LogP contribution in [0, 0.1) is 5.92 Å². The van der Waals surface area contributed by atoms with E-state index in [2.05, 4.69) is 24.0 Å². The number of hydrogen-bond acceptors (Lipinski definition) is 4. The Bertz CT molecular complexity index is 355. The molecule has 16 heavy (non-hydrogen) atoms. The summed E-state index contributed by atoms with van der Waals surface area (Å²) in [4.78, 5) is 10.8. The van der Waals surface area contributed by atoms with Gasteiger partial charge >= 0.3 is 5.97 Å². The number of aromatic nitrogens is 2. The van der Waals surface area contributed by atoms with Gasteiger partial charge in [0.25, 0.3) is 0 Å². The normalized spacial score (nSPS) is 12.1. The zero-order valence-corrected chi connectivity index (χ0v) is 9.51. The fourth-order valence-electron chi connectivity index (χ4n) is 1.39. The smallest absolute Gasteiger partial charge is 0.341 e. The number of nitrogens with zero attached hydrogens (tertiary/aromatic N) is 2. The number of carbonyl (C=O) groups is 1. The molecule has 0 aromatic carbocycles. The number of carboxylic acid groups (broad SMARTS) is 1. The van der Waals surface area contributed by atoms with Crippen molar-refractivity contribution >= 4 is 5.97 Å². The van der Waals surface area contributed by atoms with Crippen LogP contribution in [0.3, 0.4) is 0 Å². The molecule has 1 aromatic heterocycles. The highest BCUT2D eigenvalue weighted by Crippen LogP contribution is 2.15. The first-order chi connectivity index (χ1) is 7.65. The second kappa shape index (κ2) is 6.05. The van der Waals surface area contributed by atoms with Crippen LogP contribution in [-0.4, -0.2) is 27.9 Å². The zero-order valence-electron chi connectivity index (χ0n) is 9.51. The van der Waals surface area contributed by atoms with Gasteiger partial charge in [0.05, 0.1) is 12.8 Å². The monoisotopic (exact) mass is 224 g/mol. The van der Waals surface area contributed by atoms with Gasteiger partial charge in [-0.1, -0.05) is 20.3 Å². The van der Waals surface area contributed by atoms with Crippen LogP contribution in [0.2, 0.25) is 0 Å². The molecule has 0 radical (unpaired) electrons. The Kier molecular flexibility index (Phi) is 4.69. The van der Waals surface area contributed by atoms with E-state index in [1.54, 1.807) is 0 Å². The largest absolute Gasteiger partial charge is 0.477 e. The quantitative estimate of drug-likeness (QED) is 0.800. The third kappa shape index (κ3) is 3.49. The van der Waals surface area contributed by atoms with Crippen molar-refractivity contribution in [2.45, 2.75) is 26.7 Å². The molecule has 1 heterocycles. The second-order valence-corrected chi connectivity index (χ2v) is 3.76. The molecule has 0 aliphatic rings. The molecule has 0 spiro atoms. The fraction of sp³-hybridized carbons (Fsp3) is 0.545. The molecule has 0 saturated carbocycles. The van der Waals surface area contributed by atoms with Crippen molar-refractivity contribution in [1.82, 2.24) is 10.2 Å². The fourth-order valence-corrected chi connectivity index (χ4v) is 1.39. The van der Waals surface area contributed by atoms with Crippen molar-refractivity contribution in [2.75, 3.05) is 6.61 Å². The van der Waals surface area contributed by atoms with Crippen molar-refractivity contribution in [3.63, 3.8) is 0 Å². The molecule has 1 rings (SSSR count). The molecule has 1 atom stereocenters. The molecule has 0 aliphatic heterocycles. The van der Waals surface area contributed by atoms with Crippen LogP contribution in [0.4, 0.5) is 0 Å². The van der Waals surface area contributed by atoms with E-state index < -0.39 is 5.97 Å². The minimum absolute atomic E-state index is 0.0544. The minimum atomic E-state index is -1.05. The summed E-state index contributed by atoms with van der Waals surface area (Å²) >= 11 is 0. The Morgan fingerprint density at radius 1 is 1.62 bits per heavy atom. The summed E-state index contributed by atoms with van der Waals surface area (Å²) in [6, 6.07) is 1.38. The van der Waals surface area contributed by atoms with Gasteiger partial charge in [-0.3, -0.25) is 0 Å². The topological polar surface area (TPSA) is 72.3 Å². The summed E-state index contributed by atoms with van der Waals surface area (Å²) < 4.78 is 5.36. The second-order valence-electron chi connectivity index (χ2n) is 3.76. The van der Waals surface area contributed by atoms with Gasteiger partial charge in [0.15, 0.2) is 0 Å². The highest BCUT2D eigenvalue weighted by molar-refractivity contribution is 5.89. The van der Waals surface area contributed by atoms with Gasteiger partial charge in [-0.05, 0) is 18.4 Å². The van der Waals surface area contributed by atoms with Gasteiger partial charge in [0, 0.05) is 0 Å². The Morgan fingerprint density at radius 3 is 3.00 bits per heavy atom. The summed E-state index contributed by atoms with van der Waals surface area (Å²) in [5, 5.41) is 16.2. The van der Waals surface area contributed by atoms with Crippen LogP contribution in [0.5, 0.6) is 5.88 Å². The molecule has 1 N–H and O–H groups in total. The summed E-state index contributed by atoms with van der Waals surface area (Å²) in [5.41, 5.74) is 0.0544. The standard InChI is InChI=1S/C11H16N2O3/c1-3-4-8(2)7-16-10-9(11(14)15)5-6-12-13-10/h5-6,8H,3-4,7H2,1-2H3,(H,14,15). The van der Waals surface area contributed by atoms with Crippen LogP contribution in [0.25, 0.3) is 0 Å². The minimum Gasteiger partial charge on any atom is -0.477 e. The lowest BCUT2D eigenvalue weighted by molar-refractivity contribution is 0.0689. The van der Waals surface area contributed by atoms with Crippen LogP contribution in [0.1, 0.15) is 37.0 Å². The van der Waals surface area contributed by atoms with Crippen LogP contribution < -0.4 is 4.74 Å². The van der Waals surface area contributed by atoms with Gasteiger partial charge in [0.1, 0.15) is 5.56 Å². The van der Waals surface area contributed by atoms with Gasteiger partial charge < -0.3 is 9.84 Å². The van der Waals surface area contributed by atoms with Crippen molar-refractivity contribution in [3.8, 4) is 5.88 Å². The summed E-state index contributed by atoms with van der Waals surface area (Å²) in [5.74, 6) is -0.570. The first-order valence-electron chi connectivity index (χ1n) is 5.33. The highest BCUT2D eigenvalue weighted by atomic mass is 16.5. The molecule has 0 aliphatic carbocycles. The lowest BCUT2D eigenvalue weighted by atomic mass is 10.1. The predicted molar refractivity (Wildman–Crippen MR) is 58.6 cm³/mol. The number of rotatable bonds is 6. The van der Waals surface area contributed by atoms with Gasteiger partial charge in [-0.15, -0.1) is 5.10 Å². The van der Waals surface area contributed by atoms with Crippen LogP contribution in [-0.2, 0) is 0 Å². The lowest BCUT2D eigenvalue weighted by Gasteiger charge is -2.11. The summed E-state index contributed by atoms with van der Waals surface area (Å²) in [6.07, 6.45) is 3.46. The Labute approximate surface area is 94.5 Å². The van der Waals surface area contributed by atoms with Crippen LogP contribution >= 0.6 is 0 Å². The van der Waals surface area contributed by atoms with E-state index in [9.17, 15) is 4.79 Å². The third-order valence-corrected chi connectivity index (χ3v) is 2.20. The molecule has 88 valence electrons. The number of ether oxygens (including phenoxy) is 1. The van der Waals surface area contributed by atoms with Gasteiger partial charge in [0.2, 0.25) is 5.88 Å². The Hall–Kier alpha value is -1.65. The average molecular weight is 224 g/mol. The maximum atomic E-state index is 10.8.